The molecule has 8 nitrogen and oxygen atoms in total. The predicted molar refractivity (Wildman–Crippen MR) is 154 cm³/mol. The zero-order chi connectivity index (χ0) is 28.0. The summed E-state index contributed by atoms with van der Waals surface area (Å²) in [4.78, 5) is 32.0. The number of nitrogens with zero attached hydrogens (tertiary/aromatic N) is 6. The Hall–Kier alpha value is -3.30. The SMILES string of the molecule is C=CC(=O)N1CC2(CCN(c3nc(OC4CCN(C)CC4)nc4c(F)c(-c5cnccc5C)c(Cl)cc34)CC2)C1. The molecule has 2 aromatic heterocycles. The first-order valence-electron chi connectivity index (χ1n) is 13.9. The van der Waals surface area contributed by atoms with Gasteiger partial charge in [-0.05, 0) is 63.4 Å². The van der Waals surface area contributed by atoms with Crippen LogP contribution in [0, 0.1) is 18.2 Å². The molecule has 0 bridgehead atoms. The summed E-state index contributed by atoms with van der Waals surface area (Å²) in [6.07, 6.45) is 8.21. The van der Waals surface area contributed by atoms with Crippen molar-refractivity contribution in [1.29, 1.82) is 0 Å². The van der Waals surface area contributed by atoms with Crippen molar-refractivity contribution in [1.82, 2.24) is 24.8 Å². The molecule has 0 saturated carbocycles. The Bertz CT molecular complexity index is 1460. The Labute approximate surface area is 238 Å². The van der Waals surface area contributed by atoms with E-state index in [1.165, 1.54) is 6.08 Å². The Kier molecular flexibility index (Phi) is 7.12. The number of fused-ring (bicyclic) bond motifs is 1. The number of piperidine rings is 2. The van der Waals surface area contributed by atoms with Crippen molar-refractivity contribution in [2.75, 3.05) is 51.2 Å². The van der Waals surface area contributed by atoms with Crippen molar-refractivity contribution in [3.8, 4) is 17.1 Å². The molecule has 3 aliphatic heterocycles. The van der Waals surface area contributed by atoms with Crippen LogP contribution in [0.4, 0.5) is 10.2 Å². The predicted octanol–water partition coefficient (Wildman–Crippen LogP) is 4.88. The fourth-order valence-corrected chi connectivity index (χ4v) is 6.53. The van der Waals surface area contributed by atoms with Gasteiger partial charge in [0.05, 0.1) is 5.02 Å². The number of aryl methyl sites for hydroxylation is 1. The lowest BCUT2D eigenvalue weighted by molar-refractivity contribution is -0.139. The van der Waals surface area contributed by atoms with Gasteiger partial charge < -0.3 is 19.4 Å². The van der Waals surface area contributed by atoms with E-state index in [1.54, 1.807) is 18.5 Å². The van der Waals surface area contributed by atoms with Gasteiger partial charge in [0.25, 0.3) is 0 Å². The number of hydrogen-bond acceptors (Lipinski definition) is 7. The molecule has 1 aromatic carbocycles. The van der Waals surface area contributed by atoms with E-state index in [4.69, 9.17) is 21.3 Å². The zero-order valence-corrected chi connectivity index (χ0v) is 23.8. The third kappa shape index (κ3) is 4.90. The van der Waals surface area contributed by atoms with Crippen LogP contribution in [-0.4, -0.2) is 83.1 Å². The molecule has 0 atom stereocenters. The number of aromatic nitrogens is 3. The Morgan fingerprint density at radius 1 is 1.20 bits per heavy atom. The van der Waals surface area contributed by atoms with Gasteiger partial charge in [-0.25, -0.2) is 4.39 Å². The summed E-state index contributed by atoms with van der Waals surface area (Å²) >= 11 is 6.75. The molecular formula is C30H34ClFN6O2. The maximum atomic E-state index is 16.4. The van der Waals surface area contributed by atoms with Crippen LogP contribution in [0.5, 0.6) is 6.01 Å². The van der Waals surface area contributed by atoms with Gasteiger partial charge in [-0.2, -0.15) is 9.97 Å². The maximum Gasteiger partial charge on any atom is 0.319 e. The van der Waals surface area contributed by atoms with E-state index in [2.05, 4.69) is 33.4 Å². The zero-order valence-electron chi connectivity index (χ0n) is 23.0. The number of amides is 1. The van der Waals surface area contributed by atoms with Crippen LogP contribution in [-0.2, 0) is 4.79 Å². The molecule has 6 rings (SSSR count). The second-order valence-corrected chi connectivity index (χ2v) is 11.9. The number of likely N-dealkylation sites (tertiary alicyclic amines) is 2. The number of benzene rings is 1. The quantitative estimate of drug-likeness (QED) is 0.409. The van der Waals surface area contributed by atoms with Gasteiger partial charge in [-0.3, -0.25) is 9.78 Å². The minimum atomic E-state index is -0.499. The summed E-state index contributed by atoms with van der Waals surface area (Å²) < 4.78 is 22.6. The first-order chi connectivity index (χ1) is 19.3. The molecule has 10 heteroatoms. The van der Waals surface area contributed by atoms with E-state index >= 15 is 4.39 Å². The molecule has 0 aliphatic carbocycles. The van der Waals surface area contributed by atoms with Gasteiger partial charge in [0.1, 0.15) is 17.4 Å². The molecule has 1 spiro atoms. The highest BCUT2D eigenvalue weighted by atomic mass is 35.5. The average Bonchev–Trinajstić information content (AvgIpc) is 2.94. The smallest absolute Gasteiger partial charge is 0.319 e. The Balaban J connectivity index is 1.37. The molecule has 5 heterocycles. The Morgan fingerprint density at radius 3 is 2.60 bits per heavy atom. The van der Waals surface area contributed by atoms with Crippen LogP contribution in [0.1, 0.15) is 31.2 Å². The topological polar surface area (TPSA) is 74.7 Å². The van der Waals surface area contributed by atoms with E-state index in [1.807, 2.05) is 17.9 Å². The molecule has 0 radical (unpaired) electrons. The van der Waals surface area contributed by atoms with Crippen molar-refractivity contribution >= 4 is 34.2 Å². The fourth-order valence-electron chi connectivity index (χ4n) is 6.24. The van der Waals surface area contributed by atoms with Crippen LogP contribution in [0.15, 0.2) is 37.2 Å². The van der Waals surface area contributed by atoms with E-state index in [-0.39, 0.29) is 34.5 Å². The van der Waals surface area contributed by atoms with Crippen molar-refractivity contribution < 1.29 is 13.9 Å². The standard InChI is InChI=1S/C30H34ClFN6O2/c1-4-24(39)38-17-30(18-38)8-13-37(14-9-30)28-21-15-23(31)25(22-16-33-10-5-19(22)2)26(32)27(21)34-29(35-28)40-20-6-11-36(3)12-7-20/h4-5,10,15-16,20H,1,6-9,11-14,17-18H2,2-3H3. The molecule has 0 unspecified atom stereocenters. The van der Waals surface area contributed by atoms with Crippen LogP contribution in [0.25, 0.3) is 22.0 Å². The molecule has 3 fully saturated rings. The number of pyridine rings is 1. The monoisotopic (exact) mass is 564 g/mol. The normalized spacial score (nSPS) is 19.6. The van der Waals surface area contributed by atoms with Gasteiger partial charge in [0, 0.05) is 73.6 Å². The number of anilines is 1. The number of carbonyl (C=O) groups is 1. The van der Waals surface area contributed by atoms with Crippen molar-refractivity contribution in [2.24, 2.45) is 5.41 Å². The summed E-state index contributed by atoms with van der Waals surface area (Å²) in [5.41, 5.74) is 2.10. The van der Waals surface area contributed by atoms with Crippen LogP contribution in [0.2, 0.25) is 5.02 Å². The lowest BCUT2D eigenvalue weighted by Gasteiger charge is -2.54. The molecule has 0 N–H and O–H groups in total. The highest BCUT2D eigenvalue weighted by Gasteiger charge is 2.46. The van der Waals surface area contributed by atoms with Crippen molar-refractivity contribution in [2.45, 2.75) is 38.7 Å². The summed E-state index contributed by atoms with van der Waals surface area (Å²) in [5.74, 6) is 0.119. The third-order valence-electron chi connectivity index (χ3n) is 8.75. The third-order valence-corrected chi connectivity index (χ3v) is 9.05. The van der Waals surface area contributed by atoms with E-state index in [9.17, 15) is 4.79 Å². The van der Waals surface area contributed by atoms with Crippen molar-refractivity contribution in [3.05, 3.63) is 53.6 Å². The van der Waals surface area contributed by atoms with Crippen LogP contribution >= 0.6 is 11.6 Å². The van der Waals surface area contributed by atoms with Gasteiger partial charge in [0.2, 0.25) is 5.91 Å². The van der Waals surface area contributed by atoms with Gasteiger partial charge in [-0.15, -0.1) is 0 Å². The van der Waals surface area contributed by atoms with E-state index < -0.39 is 5.82 Å². The highest BCUT2D eigenvalue weighted by molar-refractivity contribution is 6.34. The Morgan fingerprint density at radius 2 is 1.93 bits per heavy atom. The molecular weight excluding hydrogens is 531 g/mol. The van der Waals surface area contributed by atoms with Gasteiger partial charge >= 0.3 is 6.01 Å². The minimum Gasteiger partial charge on any atom is -0.460 e. The van der Waals surface area contributed by atoms with Crippen molar-refractivity contribution in [3.63, 3.8) is 0 Å². The number of hydrogen-bond donors (Lipinski definition) is 0. The highest BCUT2D eigenvalue weighted by Crippen LogP contribution is 2.44. The first-order valence-corrected chi connectivity index (χ1v) is 14.3. The van der Waals surface area contributed by atoms with E-state index in [0.29, 0.717) is 21.8 Å². The second kappa shape index (κ2) is 10.6. The minimum absolute atomic E-state index is 0.0182. The molecule has 3 aliphatic rings. The second-order valence-electron chi connectivity index (χ2n) is 11.5. The average molecular weight is 565 g/mol. The lowest BCUT2D eigenvalue weighted by Crippen LogP contribution is -2.61. The number of rotatable bonds is 5. The van der Waals surface area contributed by atoms with E-state index in [0.717, 1.165) is 70.5 Å². The molecule has 40 heavy (non-hydrogen) atoms. The van der Waals surface area contributed by atoms with Crippen LogP contribution < -0.4 is 9.64 Å². The molecule has 3 aromatic rings. The summed E-state index contributed by atoms with van der Waals surface area (Å²) in [7, 11) is 2.10. The molecule has 210 valence electrons. The number of halogens is 2. The van der Waals surface area contributed by atoms with Crippen LogP contribution in [0.3, 0.4) is 0 Å². The summed E-state index contributed by atoms with van der Waals surface area (Å²) in [5, 5.41) is 0.859. The summed E-state index contributed by atoms with van der Waals surface area (Å²) in [6.45, 7) is 10.3. The molecule has 1 amide bonds. The molecule has 3 saturated heterocycles. The fraction of sp³-hybridized carbons (Fsp3) is 0.467. The first kappa shape index (κ1) is 26.9. The number of ether oxygens (including phenoxy) is 1. The lowest BCUT2D eigenvalue weighted by atomic mass is 9.72. The van der Waals surface area contributed by atoms with Gasteiger partial charge in [0.15, 0.2) is 5.82 Å². The van der Waals surface area contributed by atoms with Gasteiger partial charge in [-0.1, -0.05) is 18.2 Å². The maximum absolute atomic E-state index is 16.4. The number of carbonyl (C=O) groups excluding carboxylic acids is 1. The largest absolute Gasteiger partial charge is 0.460 e. The summed E-state index contributed by atoms with van der Waals surface area (Å²) in [6, 6.07) is 3.80.